The normalized spacial score (nSPS) is 10.2. The molecule has 1 aromatic rings. The van der Waals surface area contributed by atoms with Crippen molar-refractivity contribution in [3.8, 4) is 0 Å². The summed E-state index contributed by atoms with van der Waals surface area (Å²) >= 11 is 0. The fraction of sp³-hybridized carbons (Fsp3) is 0.467. The minimum atomic E-state index is -1.73. The summed E-state index contributed by atoms with van der Waals surface area (Å²) in [4.78, 5) is 50.1. The van der Waals surface area contributed by atoms with E-state index in [1.54, 1.807) is 6.92 Å². The van der Waals surface area contributed by atoms with E-state index in [-0.39, 0.29) is 25.4 Å². The molecular formula is C15H18N2O8. The lowest BCUT2D eigenvalue weighted by Crippen LogP contribution is -2.28. The summed E-state index contributed by atoms with van der Waals surface area (Å²) < 4.78 is 14.3. The number of nitro groups is 1. The van der Waals surface area contributed by atoms with Gasteiger partial charge in [-0.3, -0.25) is 24.7 Å². The molecule has 1 aromatic heterocycles. The summed E-state index contributed by atoms with van der Waals surface area (Å²) in [5.41, 5.74) is -1.32. The standard InChI is InChI=1S/C15H18N2O8/c1-4-23-13(18)9-7-10(17(21)22)12(16-8-9)11(14(19)24-5-2)15(20)25-6-3/h7-8,11H,4-6H2,1-3H3. The summed E-state index contributed by atoms with van der Waals surface area (Å²) in [5, 5.41) is 11.3. The lowest BCUT2D eigenvalue weighted by molar-refractivity contribution is -0.386. The number of rotatable bonds is 8. The number of carbonyl (C=O) groups excluding carboxylic acids is 3. The van der Waals surface area contributed by atoms with Crippen LogP contribution in [0.5, 0.6) is 0 Å². The van der Waals surface area contributed by atoms with Crippen LogP contribution in [0.2, 0.25) is 0 Å². The number of esters is 3. The second-order valence-corrected chi connectivity index (χ2v) is 4.54. The summed E-state index contributed by atoms with van der Waals surface area (Å²) in [6.45, 7) is 4.61. The highest BCUT2D eigenvalue weighted by Gasteiger charge is 2.38. The molecule has 0 saturated heterocycles. The van der Waals surface area contributed by atoms with Crippen molar-refractivity contribution in [2.45, 2.75) is 26.7 Å². The number of ether oxygens (including phenoxy) is 3. The maximum atomic E-state index is 12.1. The maximum absolute atomic E-state index is 12.1. The molecule has 25 heavy (non-hydrogen) atoms. The highest BCUT2D eigenvalue weighted by atomic mass is 16.6. The van der Waals surface area contributed by atoms with Crippen molar-refractivity contribution in [1.82, 2.24) is 4.98 Å². The molecule has 0 aliphatic carbocycles. The second kappa shape index (κ2) is 9.30. The lowest BCUT2D eigenvalue weighted by Gasteiger charge is -2.14. The Hall–Kier alpha value is -3.04. The third-order valence-electron chi connectivity index (χ3n) is 2.92. The van der Waals surface area contributed by atoms with E-state index in [1.807, 2.05) is 0 Å². The Morgan fingerprint density at radius 2 is 1.60 bits per heavy atom. The Balaban J connectivity index is 3.42. The second-order valence-electron chi connectivity index (χ2n) is 4.54. The molecule has 1 heterocycles. The van der Waals surface area contributed by atoms with Gasteiger partial charge in [-0.25, -0.2) is 4.79 Å². The molecular weight excluding hydrogens is 336 g/mol. The van der Waals surface area contributed by atoms with E-state index in [1.165, 1.54) is 13.8 Å². The molecule has 0 radical (unpaired) electrons. The number of aromatic nitrogens is 1. The van der Waals surface area contributed by atoms with Crippen molar-refractivity contribution in [3.05, 3.63) is 33.6 Å². The van der Waals surface area contributed by atoms with E-state index in [4.69, 9.17) is 14.2 Å². The van der Waals surface area contributed by atoms with Gasteiger partial charge in [0, 0.05) is 12.3 Å². The minimum Gasteiger partial charge on any atom is -0.465 e. The molecule has 0 amide bonds. The smallest absolute Gasteiger partial charge is 0.339 e. The van der Waals surface area contributed by atoms with Gasteiger partial charge in [0.25, 0.3) is 5.69 Å². The van der Waals surface area contributed by atoms with Crippen LogP contribution in [0.15, 0.2) is 12.3 Å². The summed E-state index contributed by atoms with van der Waals surface area (Å²) in [6, 6.07) is 0.895. The van der Waals surface area contributed by atoms with Gasteiger partial charge in [-0.15, -0.1) is 0 Å². The summed E-state index contributed by atoms with van der Waals surface area (Å²) in [6.07, 6.45) is 0.992. The van der Waals surface area contributed by atoms with Crippen molar-refractivity contribution in [2.75, 3.05) is 19.8 Å². The predicted octanol–water partition coefficient (Wildman–Crippen LogP) is 1.38. The fourth-order valence-electron chi connectivity index (χ4n) is 1.93. The van der Waals surface area contributed by atoms with E-state index in [2.05, 4.69) is 4.98 Å². The lowest BCUT2D eigenvalue weighted by atomic mass is 10.0. The third-order valence-corrected chi connectivity index (χ3v) is 2.92. The molecule has 0 aromatic carbocycles. The van der Waals surface area contributed by atoms with Crippen molar-refractivity contribution in [2.24, 2.45) is 0 Å². The molecule has 0 atom stereocenters. The van der Waals surface area contributed by atoms with E-state index < -0.39 is 40.1 Å². The Labute approximate surface area is 143 Å². The van der Waals surface area contributed by atoms with Gasteiger partial charge in [0.2, 0.25) is 5.92 Å². The monoisotopic (exact) mass is 354 g/mol. The Bertz CT molecular complexity index is 655. The zero-order valence-electron chi connectivity index (χ0n) is 14.0. The average molecular weight is 354 g/mol. The van der Waals surface area contributed by atoms with Crippen molar-refractivity contribution < 1.29 is 33.5 Å². The van der Waals surface area contributed by atoms with Crippen LogP contribution in [0.25, 0.3) is 0 Å². The first kappa shape index (κ1) is 20.0. The summed E-state index contributed by atoms with van der Waals surface area (Å²) in [5.74, 6) is -4.59. The summed E-state index contributed by atoms with van der Waals surface area (Å²) in [7, 11) is 0. The fourth-order valence-corrected chi connectivity index (χ4v) is 1.93. The molecule has 0 N–H and O–H groups in total. The van der Waals surface area contributed by atoms with Gasteiger partial charge in [0.15, 0.2) is 0 Å². The molecule has 136 valence electrons. The van der Waals surface area contributed by atoms with Gasteiger partial charge >= 0.3 is 17.9 Å². The Morgan fingerprint density at radius 3 is 2.04 bits per heavy atom. The largest absolute Gasteiger partial charge is 0.465 e. The molecule has 0 unspecified atom stereocenters. The number of pyridine rings is 1. The van der Waals surface area contributed by atoms with E-state index in [0.29, 0.717) is 0 Å². The number of hydrogen-bond acceptors (Lipinski definition) is 9. The first-order valence-corrected chi connectivity index (χ1v) is 7.51. The number of hydrogen-bond donors (Lipinski definition) is 0. The molecule has 0 aliphatic heterocycles. The Morgan fingerprint density at radius 1 is 1.08 bits per heavy atom. The zero-order chi connectivity index (χ0) is 19.0. The van der Waals surface area contributed by atoms with E-state index in [9.17, 15) is 24.5 Å². The molecule has 0 fully saturated rings. The molecule has 0 spiro atoms. The quantitative estimate of drug-likeness (QED) is 0.223. The molecule has 1 rings (SSSR count). The maximum Gasteiger partial charge on any atom is 0.339 e. The van der Waals surface area contributed by atoms with Crippen molar-refractivity contribution in [3.63, 3.8) is 0 Å². The van der Waals surface area contributed by atoms with Crippen LogP contribution in [-0.4, -0.2) is 47.6 Å². The number of carbonyl (C=O) groups is 3. The number of nitrogens with zero attached hydrogens (tertiary/aromatic N) is 2. The van der Waals surface area contributed by atoms with E-state index >= 15 is 0 Å². The van der Waals surface area contributed by atoms with Crippen molar-refractivity contribution in [1.29, 1.82) is 0 Å². The van der Waals surface area contributed by atoms with Crippen LogP contribution in [0.1, 0.15) is 42.7 Å². The highest BCUT2D eigenvalue weighted by molar-refractivity contribution is 6.01. The molecule has 10 heteroatoms. The van der Waals surface area contributed by atoms with Crippen LogP contribution in [0, 0.1) is 10.1 Å². The molecule has 0 bridgehead atoms. The topological polar surface area (TPSA) is 135 Å². The van der Waals surface area contributed by atoms with Crippen LogP contribution >= 0.6 is 0 Å². The zero-order valence-corrected chi connectivity index (χ0v) is 14.0. The van der Waals surface area contributed by atoms with Gasteiger partial charge in [-0.1, -0.05) is 0 Å². The average Bonchev–Trinajstić information content (AvgIpc) is 2.55. The van der Waals surface area contributed by atoms with Gasteiger partial charge < -0.3 is 14.2 Å². The van der Waals surface area contributed by atoms with Crippen LogP contribution in [0.3, 0.4) is 0 Å². The predicted molar refractivity (Wildman–Crippen MR) is 82.9 cm³/mol. The van der Waals surface area contributed by atoms with Gasteiger partial charge in [-0.05, 0) is 20.8 Å². The van der Waals surface area contributed by atoms with Crippen LogP contribution in [-0.2, 0) is 23.8 Å². The van der Waals surface area contributed by atoms with Crippen LogP contribution < -0.4 is 0 Å². The van der Waals surface area contributed by atoms with Gasteiger partial charge in [-0.2, -0.15) is 0 Å². The SMILES string of the molecule is CCOC(=O)c1cnc(C(C(=O)OCC)C(=O)OCC)c([N+](=O)[O-])c1. The minimum absolute atomic E-state index is 0.0382. The highest BCUT2D eigenvalue weighted by Crippen LogP contribution is 2.28. The van der Waals surface area contributed by atoms with E-state index in [0.717, 1.165) is 12.3 Å². The first-order chi connectivity index (χ1) is 11.9. The molecule has 10 nitrogen and oxygen atoms in total. The van der Waals surface area contributed by atoms with Crippen LogP contribution in [0.4, 0.5) is 5.69 Å². The van der Waals surface area contributed by atoms with Gasteiger partial charge in [0.1, 0.15) is 5.69 Å². The molecule has 0 saturated carbocycles. The third kappa shape index (κ3) is 4.96. The molecule has 0 aliphatic rings. The Kier molecular flexibility index (Phi) is 7.44. The van der Waals surface area contributed by atoms with Crippen molar-refractivity contribution >= 4 is 23.6 Å². The van der Waals surface area contributed by atoms with Gasteiger partial charge in [0.05, 0.1) is 30.3 Å². The first-order valence-electron chi connectivity index (χ1n) is 7.51.